The van der Waals surface area contributed by atoms with Gasteiger partial charge >= 0.3 is 0 Å². The zero-order chi connectivity index (χ0) is 11.5. The number of hydrogen-bond donors (Lipinski definition) is 1. The van der Waals surface area contributed by atoms with Crippen molar-refractivity contribution >= 4 is 5.69 Å². The maximum Gasteiger partial charge on any atom is 0.237 e. The van der Waals surface area contributed by atoms with Gasteiger partial charge in [-0.1, -0.05) is 13.8 Å². The summed E-state index contributed by atoms with van der Waals surface area (Å²) in [7, 11) is 1.66. The molecule has 1 aliphatic rings. The molecule has 1 heterocycles. The fraction of sp³-hybridized carbons (Fsp3) is 0.615. The van der Waals surface area contributed by atoms with Crippen LogP contribution in [-0.2, 0) is 0 Å². The van der Waals surface area contributed by atoms with Crippen LogP contribution in [0, 0.1) is 11.8 Å². The second-order valence-corrected chi connectivity index (χ2v) is 4.88. The third kappa shape index (κ3) is 2.29. The number of anilines is 1. The lowest BCUT2D eigenvalue weighted by molar-refractivity contribution is 0.211. The Morgan fingerprint density at radius 3 is 2.81 bits per heavy atom. The van der Waals surface area contributed by atoms with Crippen molar-refractivity contribution in [2.45, 2.75) is 32.7 Å². The third-order valence-corrected chi connectivity index (χ3v) is 3.44. The summed E-state index contributed by atoms with van der Waals surface area (Å²) in [5, 5.41) is 3.50. The zero-order valence-electron chi connectivity index (χ0n) is 10.2. The van der Waals surface area contributed by atoms with Crippen LogP contribution in [0.1, 0.15) is 26.7 Å². The number of nitrogens with one attached hydrogen (secondary N) is 1. The SMILES string of the molecule is COc1ncccc1NC1CC(C(C)C)C1. The van der Waals surface area contributed by atoms with Gasteiger partial charge < -0.3 is 10.1 Å². The van der Waals surface area contributed by atoms with Crippen molar-refractivity contribution in [3.63, 3.8) is 0 Å². The molecule has 1 N–H and O–H groups in total. The standard InChI is InChI=1S/C13H20N2O/c1-9(2)10-7-11(8-10)15-12-5-4-6-14-13(12)16-3/h4-6,9-11,15H,7-8H2,1-3H3. The quantitative estimate of drug-likeness (QED) is 0.847. The summed E-state index contributed by atoms with van der Waals surface area (Å²) in [6, 6.07) is 4.54. The molecular formula is C13H20N2O. The molecule has 0 unspecified atom stereocenters. The third-order valence-electron chi connectivity index (χ3n) is 3.44. The molecule has 0 saturated heterocycles. The Labute approximate surface area is 97.2 Å². The summed E-state index contributed by atoms with van der Waals surface area (Å²) in [6.45, 7) is 4.59. The lowest BCUT2D eigenvalue weighted by atomic mass is 9.73. The number of aromatic nitrogens is 1. The number of rotatable bonds is 4. The van der Waals surface area contributed by atoms with E-state index in [4.69, 9.17) is 4.74 Å². The Morgan fingerprint density at radius 1 is 1.44 bits per heavy atom. The van der Waals surface area contributed by atoms with Crippen LogP contribution < -0.4 is 10.1 Å². The van der Waals surface area contributed by atoms with Crippen LogP contribution in [0.2, 0.25) is 0 Å². The Bertz CT molecular complexity index is 346. The largest absolute Gasteiger partial charge is 0.480 e. The second-order valence-electron chi connectivity index (χ2n) is 4.88. The van der Waals surface area contributed by atoms with Gasteiger partial charge in [-0.05, 0) is 36.8 Å². The van der Waals surface area contributed by atoms with Crippen molar-refractivity contribution in [1.82, 2.24) is 4.98 Å². The van der Waals surface area contributed by atoms with E-state index in [1.807, 2.05) is 12.1 Å². The van der Waals surface area contributed by atoms with Crippen molar-refractivity contribution in [2.75, 3.05) is 12.4 Å². The predicted octanol–water partition coefficient (Wildman–Crippen LogP) is 2.94. The maximum atomic E-state index is 5.22. The van der Waals surface area contributed by atoms with Crippen LogP contribution >= 0.6 is 0 Å². The fourth-order valence-electron chi connectivity index (χ4n) is 2.21. The molecule has 0 spiro atoms. The molecule has 2 rings (SSSR count). The molecule has 1 aromatic rings. The Morgan fingerprint density at radius 2 is 2.19 bits per heavy atom. The van der Waals surface area contributed by atoms with E-state index < -0.39 is 0 Å². The molecule has 0 radical (unpaired) electrons. The zero-order valence-corrected chi connectivity index (χ0v) is 10.2. The van der Waals surface area contributed by atoms with E-state index in [1.165, 1.54) is 12.8 Å². The van der Waals surface area contributed by atoms with Crippen molar-refractivity contribution < 1.29 is 4.74 Å². The molecule has 0 amide bonds. The maximum absolute atomic E-state index is 5.22. The van der Waals surface area contributed by atoms with Crippen molar-refractivity contribution in [3.05, 3.63) is 18.3 Å². The van der Waals surface area contributed by atoms with Crippen LogP contribution in [0.15, 0.2) is 18.3 Å². The molecule has 1 fully saturated rings. The van der Waals surface area contributed by atoms with E-state index in [1.54, 1.807) is 13.3 Å². The number of pyridine rings is 1. The first-order valence-corrected chi connectivity index (χ1v) is 5.96. The normalized spacial score (nSPS) is 24.0. The van der Waals surface area contributed by atoms with E-state index >= 15 is 0 Å². The molecule has 1 aliphatic carbocycles. The lowest BCUT2D eigenvalue weighted by Gasteiger charge is -2.39. The number of hydrogen-bond acceptors (Lipinski definition) is 3. The van der Waals surface area contributed by atoms with Gasteiger partial charge in [0.05, 0.1) is 12.8 Å². The minimum absolute atomic E-state index is 0.588. The first-order valence-electron chi connectivity index (χ1n) is 5.96. The monoisotopic (exact) mass is 220 g/mol. The highest BCUT2D eigenvalue weighted by molar-refractivity contribution is 5.53. The molecule has 0 bridgehead atoms. The molecule has 0 atom stereocenters. The number of nitrogens with zero attached hydrogens (tertiary/aromatic N) is 1. The van der Waals surface area contributed by atoms with Crippen LogP contribution in [0.4, 0.5) is 5.69 Å². The molecule has 0 aromatic carbocycles. The van der Waals surface area contributed by atoms with Gasteiger partial charge in [-0.3, -0.25) is 0 Å². The summed E-state index contributed by atoms with van der Waals surface area (Å²) >= 11 is 0. The summed E-state index contributed by atoms with van der Waals surface area (Å²) in [6.07, 6.45) is 4.27. The smallest absolute Gasteiger partial charge is 0.237 e. The Balaban J connectivity index is 1.91. The highest BCUT2D eigenvalue weighted by Gasteiger charge is 2.31. The van der Waals surface area contributed by atoms with E-state index in [2.05, 4.69) is 24.1 Å². The molecule has 0 aliphatic heterocycles. The molecule has 1 aromatic heterocycles. The van der Waals surface area contributed by atoms with E-state index in [-0.39, 0.29) is 0 Å². The van der Waals surface area contributed by atoms with Gasteiger partial charge in [0, 0.05) is 12.2 Å². The van der Waals surface area contributed by atoms with Crippen molar-refractivity contribution in [2.24, 2.45) is 11.8 Å². The average molecular weight is 220 g/mol. The van der Waals surface area contributed by atoms with Crippen LogP contribution in [-0.4, -0.2) is 18.1 Å². The topological polar surface area (TPSA) is 34.1 Å². The van der Waals surface area contributed by atoms with Gasteiger partial charge in [-0.15, -0.1) is 0 Å². The van der Waals surface area contributed by atoms with Crippen LogP contribution in [0.25, 0.3) is 0 Å². The molecule has 3 nitrogen and oxygen atoms in total. The van der Waals surface area contributed by atoms with Crippen LogP contribution in [0.3, 0.4) is 0 Å². The summed E-state index contributed by atoms with van der Waals surface area (Å²) in [5.74, 6) is 2.37. The van der Waals surface area contributed by atoms with Gasteiger partial charge in [-0.25, -0.2) is 4.98 Å². The highest BCUT2D eigenvalue weighted by Crippen LogP contribution is 2.36. The van der Waals surface area contributed by atoms with E-state index in [9.17, 15) is 0 Å². The molecule has 1 saturated carbocycles. The molecular weight excluding hydrogens is 200 g/mol. The predicted molar refractivity (Wildman–Crippen MR) is 65.8 cm³/mol. The van der Waals surface area contributed by atoms with E-state index in [0.717, 1.165) is 17.5 Å². The number of methoxy groups -OCH3 is 1. The minimum Gasteiger partial charge on any atom is -0.480 e. The summed E-state index contributed by atoms with van der Waals surface area (Å²) < 4.78 is 5.22. The summed E-state index contributed by atoms with van der Waals surface area (Å²) in [4.78, 5) is 4.18. The molecule has 3 heteroatoms. The molecule has 88 valence electrons. The van der Waals surface area contributed by atoms with Gasteiger partial charge in [0.1, 0.15) is 0 Å². The second kappa shape index (κ2) is 4.73. The first kappa shape index (κ1) is 11.2. The first-order chi connectivity index (χ1) is 7.70. The Kier molecular flexibility index (Phi) is 3.32. The summed E-state index contributed by atoms with van der Waals surface area (Å²) in [5.41, 5.74) is 1.01. The van der Waals surface area contributed by atoms with Crippen LogP contribution in [0.5, 0.6) is 5.88 Å². The fourth-order valence-corrected chi connectivity index (χ4v) is 2.21. The van der Waals surface area contributed by atoms with Crippen molar-refractivity contribution in [1.29, 1.82) is 0 Å². The minimum atomic E-state index is 0.588. The Hall–Kier alpha value is -1.25. The van der Waals surface area contributed by atoms with E-state index in [0.29, 0.717) is 11.9 Å². The van der Waals surface area contributed by atoms with Gasteiger partial charge in [0.25, 0.3) is 0 Å². The number of ether oxygens (including phenoxy) is 1. The van der Waals surface area contributed by atoms with Crippen molar-refractivity contribution in [3.8, 4) is 5.88 Å². The van der Waals surface area contributed by atoms with Gasteiger partial charge in [0.2, 0.25) is 5.88 Å². The average Bonchev–Trinajstić information content (AvgIpc) is 2.22. The van der Waals surface area contributed by atoms with Gasteiger partial charge in [0.15, 0.2) is 0 Å². The van der Waals surface area contributed by atoms with Gasteiger partial charge in [-0.2, -0.15) is 0 Å². The lowest BCUT2D eigenvalue weighted by Crippen LogP contribution is -2.38. The highest BCUT2D eigenvalue weighted by atomic mass is 16.5. The molecule has 16 heavy (non-hydrogen) atoms.